The summed E-state index contributed by atoms with van der Waals surface area (Å²) in [6.45, 7) is 0. The van der Waals surface area contributed by atoms with Gasteiger partial charge in [-0.3, -0.25) is 9.78 Å². The average Bonchev–Trinajstić information content (AvgIpc) is 3.23. The maximum Gasteiger partial charge on any atom is 0.255 e. The molecule has 5 rings (SSSR count). The number of nitrogens with zero attached hydrogens (tertiary/aromatic N) is 1. The first kappa shape index (κ1) is 21.5. The number of fused-ring (bicyclic) bond motifs is 1. The Labute approximate surface area is 202 Å². The lowest BCUT2D eigenvalue weighted by molar-refractivity contribution is 0.102. The van der Waals surface area contributed by atoms with Crippen LogP contribution in [0.3, 0.4) is 0 Å². The largest absolute Gasteiger partial charge is 0.484 e. The van der Waals surface area contributed by atoms with Gasteiger partial charge in [-0.05, 0) is 83.6 Å². The number of halogens is 2. The van der Waals surface area contributed by atoms with Gasteiger partial charge in [-0.25, -0.2) is 0 Å². The molecule has 1 aliphatic carbocycles. The quantitative estimate of drug-likeness (QED) is 0.328. The third-order valence-electron chi connectivity index (χ3n) is 5.73. The van der Waals surface area contributed by atoms with Gasteiger partial charge in [0.05, 0.1) is 5.02 Å². The van der Waals surface area contributed by atoms with Crippen molar-refractivity contribution in [3.63, 3.8) is 0 Å². The Morgan fingerprint density at radius 3 is 2.58 bits per heavy atom. The molecule has 1 heterocycles. The van der Waals surface area contributed by atoms with Gasteiger partial charge in [0.25, 0.3) is 5.91 Å². The summed E-state index contributed by atoms with van der Waals surface area (Å²) < 4.78 is 6.25. The van der Waals surface area contributed by atoms with Crippen LogP contribution in [-0.2, 0) is 6.42 Å². The number of rotatable bonds is 5. The van der Waals surface area contributed by atoms with Crippen molar-refractivity contribution in [2.45, 2.75) is 18.9 Å². The maximum absolute atomic E-state index is 12.7. The maximum atomic E-state index is 12.7. The molecule has 0 fully saturated rings. The zero-order valence-corrected chi connectivity index (χ0v) is 19.1. The van der Waals surface area contributed by atoms with Crippen LogP contribution in [0.4, 0.5) is 5.69 Å². The highest BCUT2D eigenvalue weighted by molar-refractivity contribution is 6.35. The molecule has 1 aliphatic rings. The molecule has 0 aliphatic heterocycles. The van der Waals surface area contributed by atoms with Crippen LogP contribution in [0.5, 0.6) is 5.75 Å². The number of ether oxygens (including phenoxy) is 1. The van der Waals surface area contributed by atoms with Gasteiger partial charge in [-0.2, -0.15) is 0 Å². The van der Waals surface area contributed by atoms with Gasteiger partial charge in [-0.1, -0.05) is 47.5 Å². The van der Waals surface area contributed by atoms with E-state index >= 15 is 0 Å². The number of hydrogen-bond acceptors (Lipinski definition) is 3. The smallest absolute Gasteiger partial charge is 0.255 e. The number of aromatic nitrogens is 1. The van der Waals surface area contributed by atoms with Gasteiger partial charge < -0.3 is 10.1 Å². The highest BCUT2D eigenvalue weighted by atomic mass is 35.5. The molecule has 1 unspecified atom stereocenters. The summed E-state index contributed by atoms with van der Waals surface area (Å²) in [5.74, 6) is 0.460. The molecule has 3 aromatic carbocycles. The molecule has 33 heavy (non-hydrogen) atoms. The topological polar surface area (TPSA) is 51.2 Å². The second-order valence-electron chi connectivity index (χ2n) is 7.90. The minimum absolute atomic E-state index is 0.0863. The molecular formula is C27H20Cl2N2O2. The van der Waals surface area contributed by atoms with E-state index in [-0.39, 0.29) is 12.0 Å². The number of carbonyl (C=O) groups is 1. The average molecular weight is 475 g/mol. The monoisotopic (exact) mass is 474 g/mol. The van der Waals surface area contributed by atoms with E-state index in [1.54, 1.807) is 42.7 Å². The number of nitrogens with one attached hydrogen (secondary N) is 1. The second-order valence-corrected chi connectivity index (χ2v) is 8.75. The fraction of sp³-hybridized carbons (Fsp3) is 0.111. The molecule has 4 nitrogen and oxygen atoms in total. The molecule has 164 valence electrons. The Hall–Kier alpha value is -3.34. The van der Waals surface area contributed by atoms with Crippen molar-refractivity contribution in [2.75, 3.05) is 5.32 Å². The van der Waals surface area contributed by atoms with Crippen LogP contribution in [0.25, 0.3) is 11.1 Å². The molecule has 1 aromatic heterocycles. The van der Waals surface area contributed by atoms with Crippen LogP contribution in [0, 0.1) is 0 Å². The van der Waals surface area contributed by atoms with E-state index in [0.717, 1.165) is 29.5 Å². The zero-order chi connectivity index (χ0) is 22.8. The van der Waals surface area contributed by atoms with Gasteiger partial charge in [0, 0.05) is 28.7 Å². The van der Waals surface area contributed by atoms with Gasteiger partial charge in [-0.15, -0.1) is 0 Å². The molecule has 0 bridgehead atoms. The second kappa shape index (κ2) is 9.26. The third-order valence-corrected chi connectivity index (χ3v) is 6.26. The predicted octanol–water partition coefficient (Wildman–Crippen LogP) is 7.37. The first-order valence-corrected chi connectivity index (χ1v) is 11.4. The molecule has 1 amide bonds. The number of carbonyl (C=O) groups excluding carboxylic acids is 1. The number of amides is 1. The van der Waals surface area contributed by atoms with Gasteiger partial charge in [0.1, 0.15) is 11.9 Å². The first-order chi connectivity index (χ1) is 16.1. The zero-order valence-electron chi connectivity index (χ0n) is 17.6. The summed E-state index contributed by atoms with van der Waals surface area (Å²) in [6, 6.07) is 22.8. The fourth-order valence-electron chi connectivity index (χ4n) is 4.07. The van der Waals surface area contributed by atoms with E-state index in [4.69, 9.17) is 27.9 Å². The van der Waals surface area contributed by atoms with Gasteiger partial charge >= 0.3 is 0 Å². The molecule has 1 atom stereocenters. The number of benzene rings is 3. The third kappa shape index (κ3) is 4.72. The van der Waals surface area contributed by atoms with Crippen LogP contribution < -0.4 is 10.1 Å². The van der Waals surface area contributed by atoms with Crippen molar-refractivity contribution in [3.05, 3.63) is 112 Å². The summed E-state index contributed by atoms with van der Waals surface area (Å²) in [5.41, 5.74) is 5.70. The predicted molar refractivity (Wildman–Crippen MR) is 132 cm³/mol. The van der Waals surface area contributed by atoms with Crippen molar-refractivity contribution in [3.8, 4) is 16.9 Å². The minimum atomic E-state index is -0.164. The number of hydrogen-bond donors (Lipinski definition) is 1. The van der Waals surface area contributed by atoms with E-state index < -0.39 is 0 Å². The Kier molecular flexibility index (Phi) is 6.03. The van der Waals surface area contributed by atoms with Crippen LogP contribution in [0.15, 0.2) is 85.2 Å². The Bertz CT molecular complexity index is 1330. The van der Waals surface area contributed by atoms with Gasteiger partial charge in [0.15, 0.2) is 0 Å². The Morgan fingerprint density at radius 1 is 0.939 bits per heavy atom. The van der Waals surface area contributed by atoms with E-state index in [1.807, 2.05) is 24.3 Å². The molecule has 0 saturated carbocycles. The summed E-state index contributed by atoms with van der Waals surface area (Å²) in [5, 5.41) is 3.98. The lowest BCUT2D eigenvalue weighted by Gasteiger charge is -2.17. The van der Waals surface area contributed by atoms with E-state index in [0.29, 0.717) is 27.0 Å². The normalized spacial score (nSPS) is 14.5. The summed E-state index contributed by atoms with van der Waals surface area (Å²) in [6.07, 6.45) is 5.03. The minimum Gasteiger partial charge on any atom is -0.484 e. The number of pyridine rings is 1. The number of anilines is 1. The standard InChI is InChI=1S/C27H20Cl2N2O2/c28-21-7-9-26(24(29)16-21)33-25-8-6-17-4-5-19(15-23(17)25)18-2-1-3-20(14-18)27(32)31-22-10-12-30-13-11-22/h1-5,7,9-16,25H,6,8H2,(H,30,31,32). The molecule has 0 spiro atoms. The van der Waals surface area contributed by atoms with Crippen molar-refractivity contribution >= 4 is 34.8 Å². The number of aryl methyl sites for hydroxylation is 1. The molecule has 6 heteroatoms. The molecule has 4 aromatic rings. The van der Waals surface area contributed by atoms with Gasteiger partial charge in [0.2, 0.25) is 0 Å². The van der Waals surface area contributed by atoms with Crippen molar-refractivity contribution in [2.24, 2.45) is 0 Å². The van der Waals surface area contributed by atoms with Crippen molar-refractivity contribution < 1.29 is 9.53 Å². The summed E-state index contributed by atoms with van der Waals surface area (Å²) in [7, 11) is 0. The lowest BCUT2D eigenvalue weighted by atomic mass is 9.98. The van der Waals surface area contributed by atoms with Crippen molar-refractivity contribution in [1.82, 2.24) is 4.98 Å². The van der Waals surface area contributed by atoms with Crippen LogP contribution in [0.1, 0.15) is 34.0 Å². The van der Waals surface area contributed by atoms with Crippen molar-refractivity contribution in [1.29, 1.82) is 0 Å². The van der Waals surface area contributed by atoms with Crippen LogP contribution >= 0.6 is 23.2 Å². The van der Waals surface area contributed by atoms with E-state index in [9.17, 15) is 4.79 Å². The van der Waals surface area contributed by atoms with E-state index in [2.05, 4.69) is 28.5 Å². The van der Waals surface area contributed by atoms with E-state index in [1.165, 1.54) is 5.56 Å². The first-order valence-electron chi connectivity index (χ1n) is 10.6. The SMILES string of the molecule is O=C(Nc1ccncc1)c1cccc(-c2ccc3c(c2)C(Oc2ccc(Cl)cc2Cl)CC3)c1. The molecule has 0 saturated heterocycles. The highest BCUT2D eigenvalue weighted by Crippen LogP contribution is 2.39. The van der Waals surface area contributed by atoms with Crippen LogP contribution in [-0.4, -0.2) is 10.9 Å². The Balaban J connectivity index is 1.39. The van der Waals surface area contributed by atoms with Crippen LogP contribution in [0.2, 0.25) is 10.0 Å². The Morgan fingerprint density at radius 2 is 1.76 bits per heavy atom. The lowest BCUT2D eigenvalue weighted by Crippen LogP contribution is -2.11. The molecule has 0 radical (unpaired) electrons. The highest BCUT2D eigenvalue weighted by Gasteiger charge is 2.25. The molecule has 1 N–H and O–H groups in total. The fourth-order valence-corrected chi connectivity index (χ4v) is 4.52. The summed E-state index contributed by atoms with van der Waals surface area (Å²) in [4.78, 5) is 16.7. The molecular weight excluding hydrogens is 455 g/mol. The summed E-state index contributed by atoms with van der Waals surface area (Å²) >= 11 is 12.3.